The molecule has 0 saturated heterocycles. The van der Waals surface area contributed by atoms with E-state index in [1.54, 1.807) is 0 Å². The number of carbonyl (C=O) groups excluding carboxylic acids is 1. The van der Waals surface area contributed by atoms with Crippen LogP contribution in [0.5, 0.6) is 0 Å². The average molecular weight is 387 g/mol. The fraction of sp³-hybridized carbons (Fsp3) is 0.450. The Bertz CT molecular complexity index is 805. The zero-order valence-corrected chi connectivity index (χ0v) is 15.4. The number of rotatable bonds is 3. The highest BCUT2D eigenvalue weighted by Gasteiger charge is 2.24. The number of amides is 1. The van der Waals surface area contributed by atoms with E-state index in [4.69, 9.17) is 0 Å². The Morgan fingerprint density at radius 3 is 3.04 bits per heavy atom. The van der Waals surface area contributed by atoms with Gasteiger partial charge in [0.1, 0.15) is 0 Å². The van der Waals surface area contributed by atoms with Crippen molar-refractivity contribution in [3.05, 3.63) is 45.6 Å². The molecule has 2 aliphatic carbocycles. The van der Waals surface area contributed by atoms with Crippen molar-refractivity contribution in [2.45, 2.75) is 57.4 Å². The third-order valence-corrected chi connectivity index (χ3v) is 5.78. The Morgan fingerprint density at radius 1 is 1.29 bits per heavy atom. The number of H-pyrrole nitrogens is 1. The number of benzene rings is 1. The summed E-state index contributed by atoms with van der Waals surface area (Å²) in [6.07, 6.45) is 10.5. The van der Waals surface area contributed by atoms with E-state index in [9.17, 15) is 4.79 Å². The summed E-state index contributed by atoms with van der Waals surface area (Å²) in [5.41, 5.74) is 5.23. The largest absolute Gasteiger partial charge is 0.358 e. The summed E-state index contributed by atoms with van der Waals surface area (Å²) in [5, 5.41) is 4.56. The van der Waals surface area contributed by atoms with E-state index < -0.39 is 0 Å². The van der Waals surface area contributed by atoms with Crippen LogP contribution in [0.3, 0.4) is 0 Å². The fourth-order valence-corrected chi connectivity index (χ4v) is 4.42. The van der Waals surface area contributed by atoms with Gasteiger partial charge in [0.2, 0.25) is 5.91 Å². The first kappa shape index (κ1) is 15.9. The SMILES string of the molecule is O=C(CC1=CCCCC1)NC1CCc2[nH]c3ccc(Br)cc3c2C1. The van der Waals surface area contributed by atoms with Crippen LogP contribution in [0.2, 0.25) is 0 Å². The van der Waals surface area contributed by atoms with Crippen LogP contribution in [0.25, 0.3) is 10.9 Å². The summed E-state index contributed by atoms with van der Waals surface area (Å²) in [4.78, 5) is 15.9. The summed E-state index contributed by atoms with van der Waals surface area (Å²) in [6.45, 7) is 0. The second-order valence-electron chi connectivity index (χ2n) is 7.06. The highest BCUT2D eigenvalue weighted by molar-refractivity contribution is 9.10. The van der Waals surface area contributed by atoms with Gasteiger partial charge in [0.05, 0.1) is 0 Å². The van der Waals surface area contributed by atoms with Crippen LogP contribution in [-0.4, -0.2) is 16.9 Å². The molecule has 1 heterocycles. The van der Waals surface area contributed by atoms with Gasteiger partial charge in [-0.3, -0.25) is 4.79 Å². The molecule has 1 amide bonds. The van der Waals surface area contributed by atoms with Gasteiger partial charge in [0.25, 0.3) is 0 Å². The molecule has 1 aromatic carbocycles. The number of halogens is 1. The number of allylic oxidation sites excluding steroid dienone is 1. The van der Waals surface area contributed by atoms with E-state index in [1.807, 2.05) is 0 Å². The second kappa shape index (κ2) is 6.75. The standard InChI is InChI=1S/C20H23BrN2O/c21-14-6-8-18-16(11-14)17-12-15(7-9-19(17)23-18)22-20(24)10-13-4-2-1-3-5-13/h4,6,8,11,15,23H,1-3,5,7,9-10,12H2,(H,22,24). The van der Waals surface area contributed by atoms with Crippen LogP contribution in [0.15, 0.2) is 34.3 Å². The summed E-state index contributed by atoms with van der Waals surface area (Å²) in [6, 6.07) is 6.64. The lowest BCUT2D eigenvalue weighted by atomic mass is 9.91. The van der Waals surface area contributed by atoms with Crippen molar-refractivity contribution >= 4 is 32.7 Å². The molecular weight excluding hydrogens is 364 g/mol. The van der Waals surface area contributed by atoms with Gasteiger partial charge >= 0.3 is 0 Å². The third kappa shape index (κ3) is 3.30. The molecule has 2 aliphatic rings. The molecule has 3 nitrogen and oxygen atoms in total. The van der Waals surface area contributed by atoms with Gasteiger partial charge in [-0.15, -0.1) is 0 Å². The highest BCUT2D eigenvalue weighted by atomic mass is 79.9. The number of fused-ring (bicyclic) bond motifs is 3. The number of aryl methyl sites for hydroxylation is 1. The van der Waals surface area contributed by atoms with Crippen molar-refractivity contribution < 1.29 is 4.79 Å². The van der Waals surface area contributed by atoms with Crippen molar-refractivity contribution in [2.24, 2.45) is 0 Å². The molecule has 0 bridgehead atoms. The Hall–Kier alpha value is -1.55. The van der Waals surface area contributed by atoms with Crippen LogP contribution >= 0.6 is 15.9 Å². The predicted octanol–water partition coefficient (Wildman–Crippen LogP) is 4.79. The first-order chi connectivity index (χ1) is 11.7. The number of nitrogens with one attached hydrogen (secondary N) is 2. The molecule has 1 unspecified atom stereocenters. The molecule has 0 aliphatic heterocycles. The number of carbonyl (C=O) groups is 1. The number of aromatic nitrogens is 1. The molecule has 0 fully saturated rings. The molecule has 24 heavy (non-hydrogen) atoms. The van der Waals surface area contributed by atoms with E-state index in [-0.39, 0.29) is 11.9 Å². The topological polar surface area (TPSA) is 44.9 Å². The van der Waals surface area contributed by atoms with Crippen LogP contribution in [0.1, 0.15) is 49.8 Å². The Morgan fingerprint density at radius 2 is 2.21 bits per heavy atom. The monoisotopic (exact) mass is 386 g/mol. The first-order valence-corrected chi connectivity index (χ1v) is 9.74. The lowest BCUT2D eigenvalue weighted by molar-refractivity contribution is -0.121. The molecule has 0 saturated carbocycles. The molecule has 1 aromatic heterocycles. The number of hydrogen-bond acceptors (Lipinski definition) is 1. The van der Waals surface area contributed by atoms with Gasteiger partial charge in [0, 0.05) is 33.5 Å². The Kier molecular flexibility index (Phi) is 4.49. The van der Waals surface area contributed by atoms with E-state index in [0.717, 1.165) is 36.6 Å². The lowest BCUT2D eigenvalue weighted by Crippen LogP contribution is -2.38. The van der Waals surface area contributed by atoms with Gasteiger partial charge in [0.15, 0.2) is 0 Å². The minimum absolute atomic E-state index is 0.192. The molecule has 2 aromatic rings. The summed E-state index contributed by atoms with van der Waals surface area (Å²) in [7, 11) is 0. The fourth-order valence-electron chi connectivity index (χ4n) is 4.06. The molecule has 126 valence electrons. The van der Waals surface area contributed by atoms with Gasteiger partial charge in [-0.25, -0.2) is 0 Å². The third-order valence-electron chi connectivity index (χ3n) is 5.29. The van der Waals surface area contributed by atoms with E-state index in [0.29, 0.717) is 6.42 Å². The summed E-state index contributed by atoms with van der Waals surface area (Å²) < 4.78 is 1.10. The molecular formula is C20H23BrN2O. The smallest absolute Gasteiger partial charge is 0.224 e. The van der Waals surface area contributed by atoms with Crippen molar-refractivity contribution in [3.8, 4) is 0 Å². The van der Waals surface area contributed by atoms with Crippen molar-refractivity contribution in [1.82, 2.24) is 10.3 Å². The molecule has 4 heteroatoms. The van der Waals surface area contributed by atoms with E-state index >= 15 is 0 Å². The van der Waals surface area contributed by atoms with E-state index in [2.05, 4.69) is 50.5 Å². The van der Waals surface area contributed by atoms with Crippen LogP contribution in [-0.2, 0) is 17.6 Å². The van der Waals surface area contributed by atoms with Gasteiger partial charge < -0.3 is 10.3 Å². The maximum atomic E-state index is 12.4. The predicted molar refractivity (Wildman–Crippen MR) is 101 cm³/mol. The quantitative estimate of drug-likeness (QED) is 0.731. The highest BCUT2D eigenvalue weighted by Crippen LogP contribution is 2.31. The van der Waals surface area contributed by atoms with Gasteiger partial charge in [-0.1, -0.05) is 27.6 Å². The zero-order valence-electron chi connectivity index (χ0n) is 13.8. The minimum Gasteiger partial charge on any atom is -0.358 e. The second-order valence-corrected chi connectivity index (χ2v) is 7.98. The minimum atomic E-state index is 0.192. The normalized spacial score (nSPS) is 20.5. The number of hydrogen-bond donors (Lipinski definition) is 2. The molecule has 2 N–H and O–H groups in total. The summed E-state index contributed by atoms with van der Waals surface area (Å²) >= 11 is 3.57. The van der Waals surface area contributed by atoms with Crippen molar-refractivity contribution in [3.63, 3.8) is 0 Å². The van der Waals surface area contributed by atoms with Gasteiger partial charge in [-0.05, 0) is 68.7 Å². The van der Waals surface area contributed by atoms with Crippen LogP contribution in [0, 0.1) is 0 Å². The van der Waals surface area contributed by atoms with Gasteiger partial charge in [-0.2, -0.15) is 0 Å². The van der Waals surface area contributed by atoms with Crippen LogP contribution < -0.4 is 5.32 Å². The van der Waals surface area contributed by atoms with E-state index in [1.165, 1.54) is 40.6 Å². The maximum Gasteiger partial charge on any atom is 0.224 e. The first-order valence-electron chi connectivity index (χ1n) is 8.95. The van der Waals surface area contributed by atoms with Crippen molar-refractivity contribution in [2.75, 3.05) is 0 Å². The maximum absolute atomic E-state index is 12.4. The lowest BCUT2D eigenvalue weighted by Gasteiger charge is -2.24. The number of aromatic amines is 1. The van der Waals surface area contributed by atoms with Crippen molar-refractivity contribution in [1.29, 1.82) is 0 Å². The molecule has 4 rings (SSSR count). The summed E-state index contributed by atoms with van der Waals surface area (Å²) in [5.74, 6) is 0.192. The average Bonchev–Trinajstić information content (AvgIpc) is 2.93. The Balaban J connectivity index is 1.45. The molecule has 1 atom stereocenters. The van der Waals surface area contributed by atoms with Crippen LogP contribution in [0.4, 0.5) is 0 Å². The Labute approximate surface area is 151 Å². The zero-order chi connectivity index (χ0) is 16.5. The molecule has 0 radical (unpaired) electrons. The molecule has 0 spiro atoms.